The molecule has 1 atom stereocenters. The fourth-order valence-electron chi connectivity index (χ4n) is 8.80. The third-order valence-electron chi connectivity index (χ3n) is 12.4. The summed E-state index contributed by atoms with van der Waals surface area (Å²) in [6, 6.07) is 22.2. The van der Waals surface area contributed by atoms with Crippen LogP contribution in [0.15, 0.2) is 91.1 Å². The maximum Gasteiger partial charge on any atom is 0.586 e. The van der Waals surface area contributed by atoms with E-state index in [1.54, 1.807) is 65.4 Å². The van der Waals surface area contributed by atoms with Gasteiger partial charge in [-0.15, -0.1) is 13.9 Å². The van der Waals surface area contributed by atoms with Crippen molar-refractivity contribution in [1.82, 2.24) is 24.5 Å². The van der Waals surface area contributed by atoms with Crippen molar-refractivity contribution in [2.45, 2.75) is 89.6 Å². The zero-order chi connectivity index (χ0) is 47.4. The number of carbonyl (C=O) groups excluding carboxylic acids is 1. The zero-order valence-electron chi connectivity index (χ0n) is 36.8. The number of rotatable bonds is 16. The fraction of sp³-hybridized carbons (Fsp3) is 0.306. The first-order valence-electron chi connectivity index (χ1n) is 21.7. The van der Waals surface area contributed by atoms with Gasteiger partial charge in [0.1, 0.15) is 28.8 Å². The topological polar surface area (TPSA) is 212 Å². The van der Waals surface area contributed by atoms with Crippen LogP contribution in [0.2, 0.25) is 0 Å². The number of fused-ring (bicyclic) bond motifs is 2. The van der Waals surface area contributed by atoms with Gasteiger partial charge in [-0.25, -0.2) is 14.1 Å². The summed E-state index contributed by atoms with van der Waals surface area (Å²) in [5, 5.41) is 53.5. The van der Waals surface area contributed by atoms with E-state index >= 15 is 4.39 Å². The normalized spacial score (nSPS) is 15.2. The summed E-state index contributed by atoms with van der Waals surface area (Å²) in [7, 11) is 0. The third kappa shape index (κ3) is 8.82. The van der Waals surface area contributed by atoms with Crippen LogP contribution in [-0.4, -0.2) is 69.9 Å². The van der Waals surface area contributed by atoms with Gasteiger partial charge in [-0.3, -0.25) is 4.79 Å². The Labute approximate surface area is 382 Å². The highest BCUT2D eigenvalue weighted by molar-refractivity contribution is 6.03. The molecule has 1 amide bonds. The number of nitrogens with zero attached hydrogens (tertiary/aromatic N) is 5. The van der Waals surface area contributed by atoms with E-state index in [4.69, 9.17) is 15.5 Å². The molecule has 7 aromatic rings. The highest BCUT2D eigenvalue weighted by Gasteiger charge is 2.53. The molecule has 9 rings (SSSR count). The molecule has 1 fully saturated rings. The molecule has 348 valence electrons. The van der Waals surface area contributed by atoms with E-state index in [9.17, 15) is 34.0 Å². The van der Waals surface area contributed by atoms with Gasteiger partial charge in [-0.05, 0) is 90.0 Å². The summed E-state index contributed by atoms with van der Waals surface area (Å²) < 4.78 is 61.8. The van der Waals surface area contributed by atoms with Crippen molar-refractivity contribution in [2.75, 3.05) is 17.7 Å². The number of phenolic OH excluding ortho intramolecular Hbond substituents is 2. The number of benzene rings is 4. The SMILES string of the molecule is CCc1c(-c2ccc(O)cc2)c(N)nc(COCc2cn(CC(O)Cn3c(C(C)(C)CO)cc4cc(NC(=O)C5(c6ccc7c(c6)OC(F)(F)O7)CC5)c(F)cc43)nn2)c1-c1ccc(O)cc1. The molecule has 2 aliphatic rings. The Hall–Kier alpha value is -7.15. The molecular weight excluding hydrogens is 872 g/mol. The molecule has 4 aromatic carbocycles. The van der Waals surface area contributed by atoms with Crippen molar-refractivity contribution in [3.8, 4) is 45.3 Å². The summed E-state index contributed by atoms with van der Waals surface area (Å²) in [6.45, 7) is 5.46. The van der Waals surface area contributed by atoms with Gasteiger partial charge in [-0.2, -0.15) is 0 Å². The zero-order valence-corrected chi connectivity index (χ0v) is 36.8. The van der Waals surface area contributed by atoms with E-state index in [0.717, 1.165) is 27.8 Å². The summed E-state index contributed by atoms with van der Waals surface area (Å²) in [4.78, 5) is 18.5. The lowest BCUT2D eigenvalue weighted by Gasteiger charge is -2.26. The number of nitrogen functional groups attached to an aromatic ring is 1. The number of amides is 1. The van der Waals surface area contributed by atoms with Crippen molar-refractivity contribution < 1.29 is 52.6 Å². The van der Waals surface area contributed by atoms with Gasteiger partial charge >= 0.3 is 6.29 Å². The number of ether oxygens (including phenoxy) is 3. The highest BCUT2D eigenvalue weighted by Crippen LogP contribution is 2.52. The average Bonchev–Trinajstić information content (AvgIpc) is 3.73. The molecule has 3 aromatic heterocycles. The second kappa shape index (κ2) is 17.3. The number of carbonyl (C=O) groups is 1. The number of phenols is 2. The molecule has 1 aliphatic heterocycles. The highest BCUT2D eigenvalue weighted by atomic mass is 19.3. The Balaban J connectivity index is 0.897. The number of pyridine rings is 1. The standard InChI is InChI=1S/C49H48F3N7O8/c1-4-35-43(27-5-10-32(61)11-6-27)38(54-45(53)44(35)28-7-12-33(62)13-8-28)25-65-24-31-21-58(57-56-31)22-34(63)23-59-39-20-36(50)37(17-29(39)18-42(59)47(2,3)26-60)55-46(64)48(15-16-48)30-9-14-40-41(19-30)67-49(51,52)66-40/h5-14,17-21,34,60-63H,4,15-16,22-26H2,1-3H3,(H2,53,54)(H,55,64). The predicted molar refractivity (Wildman–Crippen MR) is 241 cm³/mol. The minimum atomic E-state index is -3.81. The Kier molecular flexibility index (Phi) is 11.6. The maximum absolute atomic E-state index is 16.0. The molecule has 4 heterocycles. The van der Waals surface area contributed by atoms with E-state index in [1.165, 1.54) is 35.0 Å². The molecule has 67 heavy (non-hydrogen) atoms. The monoisotopic (exact) mass is 919 g/mol. The molecule has 0 saturated heterocycles. The van der Waals surface area contributed by atoms with E-state index in [-0.39, 0.29) is 61.6 Å². The van der Waals surface area contributed by atoms with Crippen LogP contribution in [0.3, 0.4) is 0 Å². The molecule has 0 spiro atoms. The van der Waals surface area contributed by atoms with Gasteiger partial charge in [0.2, 0.25) is 5.91 Å². The van der Waals surface area contributed by atoms with Crippen molar-refractivity contribution >= 4 is 28.3 Å². The quantitative estimate of drug-likeness (QED) is 0.0551. The van der Waals surface area contributed by atoms with E-state index in [0.29, 0.717) is 58.6 Å². The predicted octanol–water partition coefficient (Wildman–Crippen LogP) is 7.70. The van der Waals surface area contributed by atoms with E-state index in [2.05, 4.69) is 25.1 Å². The van der Waals surface area contributed by atoms with Crippen molar-refractivity contribution in [1.29, 1.82) is 0 Å². The van der Waals surface area contributed by atoms with Gasteiger partial charge in [0.05, 0.1) is 67.5 Å². The van der Waals surface area contributed by atoms with Crippen LogP contribution in [0.25, 0.3) is 33.2 Å². The maximum atomic E-state index is 16.0. The van der Waals surface area contributed by atoms with Gasteiger partial charge in [0.25, 0.3) is 0 Å². The number of alkyl halides is 2. The number of nitrogens with two attached hydrogens (primary N) is 1. The number of aromatic nitrogens is 5. The molecule has 1 unspecified atom stereocenters. The number of aromatic hydroxyl groups is 2. The molecule has 15 nitrogen and oxygen atoms in total. The Bertz CT molecular complexity index is 3010. The second-order valence-electron chi connectivity index (χ2n) is 17.6. The summed E-state index contributed by atoms with van der Waals surface area (Å²) in [6.07, 6.45) is -1.81. The first-order chi connectivity index (χ1) is 32.0. The summed E-state index contributed by atoms with van der Waals surface area (Å²) in [5.74, 6) is -1.05. The van der Waals surface area contributed by atoms with Gasteiger partial charge in [-0.1, -0.05) is 56.3 Å². The molecular formula is C49H48F3N7O8. The van der Waals surface area contributed by atoms with Crippen LogP contribution in [0, 0.1) is 5.82 Å². The van der Waals surface area contributed by atoms with Gasteiger partial charge in [0, 0.05) is 33.7 Å². The van der Waals surface area contributed by atoms with E-state index < -0.39 is 35.0 Å². The largest absolute Gasteiger partial charge is 0.586 e. The minimum Gasteiger partial charge on any atom is -0.508 e. The van der Waals surface area contributed by atoms with E-state index in [1.807, 2.05) is 20.8 Å². The van der Waals surface area contributed by atoms with Crippen LogP contribution in [0.1, 0.15) is 61.8 Å². The van der Waals surface area contributed by atoms with Crippen LogP contribution in [0.4, 0.5) is 24.7 Å². The lowest BCUT2D eigenvalue weighted by Crippen LogP contribution is -2.30. The van der Waals surface area contributed by atoms with Crippen molar-refractivity contribution in [3.05, 3.63) is 125 Å². The fourth-order valence-corrected chi connectivity index (χ4v) is 8.80. The molecule has 0 radical (unpaired) electrons. The van der Waals surface area contributed by atoms with Crippen LogP contribution in [0.5, 0.6) is 23.0 Å². The van der Waals surface area contributed by atoms with Crippen molar-refractivity contribution in [3.63, 3.8) is 0 Å². The third-order valence-corrected chi connectivity index (χ3v) is 12.4. The van der Waals surface area contributed by atoms with Gasteiger partial charge < -0.3 is 50.3 Å². The second-order valence-corrected chi connectivity index (χ2v) is 17.6. The Morgan fingerprint density at radius 2 is 1.60 bits per heavy atom. The number of hydrogen-bond donors (Lipinski definition) is 6. The van der Waals surface area contributed by atoms with Crippen LogP contribution in [-0.2, 0) is 53.1 Å². The lowest BCUT2D eigenvalue weighted by molar-refractivity contribution is -0.286. The molecule has 18 heteroatoms. The summed E-state index contributed by atoms with van der Waals surface area (Å²) in [5.41, 5.74) is 11.2. The number of aliphatic hydroxyl groups excluding tert-OH is 2. The van der Waals surface area contributed by atoms with Gasteiger partial charge in [0.15, 0.2) is 11.5 Å². The number of hydrogen-bond acceptors (Lipinski definition) is 12. The minimum absolute atomic E-state index is 0.00352. The smallest absolute Gasteiger partial charge is 0.508 e. The molecule has 0 bridgehead atoms. The first-order valence-corrected chi connectivity index (χ1v) is 21.7. The molecule has 1 saturated carbocycles. The average molecular weight is 920 g/mol. The molecule has 1 aliphatic carbocycles. The number of nitrogens with one attached hydrogen (secondary N) is 1. The Morgan fingerprint density at radius 1 is 0.925 bits per heavy atom. The first kappa shape index (κ1) is 45.0. The summed E-state index contributed by atoms with van der Waals surface area (Å²) >= 11 is 0. The van der Waals surface area contributed by atoms with Crippen molar-refractivity contribution in [2.24, 2.45) is 0 Å². The number of aliphatic hydroxyl groups is 2. The number of halogens is 3. The van der Waals surface area contributed by atoms with Crippen LogP contribution < -0.4 is 20.5 Å². The lowest BCUT2D eigenvalue weighted by atomic mass is 9.89. The van der Waals surface area contributed by atoms with Crippen LogP contribution >= 0.6 is 0 Å². The molecule has 7 N–H and O–H groups in total. The number of anilines is 2. The Morgan fingerprint density at radius 3 is 2.25 bits per heavy atom.